The van der Waals surface area contributed by atoms with E-state index in [4.69, 9.17) is 19.7 Å². The monoisotopic (exact) mass is 475 g/mol. The molecule has 1 aliphatic rings. The van der Waals surface area contributed by atoms with E-state index in [-0.39, 0.29) is 39.7 Å². The third-order valence-electron chi connectivity index (χ3n) is 5.43. The molecule has 0 amide bonds. The lowest BCUT2D eigenvalue weighted by Gasteiger charge is -2.36. The van der Waals surface area contributed by atoms with Gasteiger partial charge in [-0.1, -0.05) is 41.6 Å². The van der Waals surface area contributed by atoms with Crippen LogP contribution in [0.5, 0.6) is 0 Å². The predicted molar refractivity (Wildman–Crippen MR) is 119 cm³/mol. The molecule has 2 N–H and O–H groups in total. The number of ether oxygens (including phenoxy) is 2. The molecule has 3 aromatic rings. The summed E-state index contributed by atoms with van der Waals surface area (Å²) in [5.74, 6) is -4.04. The highest BCUT2D eigenvalue weighted by Crippen LogP contribution is 2.45. The number of benzene rings is 2. The van der Waals surface area contributed by atoms with Crippen LogP contribution in [-0.4, -0.2) is 36.3 Å². The van der Waals surface area contributed by atoms with Crippen LogP contribution in [0.3, 0.4) is 0 Å². The van der Waals surface area contributed by atoms with Crippen molar-refractivity contribution in [1.29, 1.82) is 5.26 Å². The molecule has 1 aromatic heterocycles. The van der Waals surface area contributed by atoms with Gasteiger partial charge >= 0.3 is 11.9 Å². The van der Waals surface area contributed by atoms with Crippen LogP contribution in [0, 0.1) is 17.1 Å². The van der Waals surface area contributed by atoms with Crippen LogP contribution in [-0.2, 0) is 19.1 Å². The van der Waals surface area contributed by atoms with Gasteiger partial charge in [-0.3, -0.25) is 4.90 Å². The third kappa shape index (κ3) is 3.87. The number of hydrogen-bond donors (Lipinski definition) is 1. The summed E-state index contributed by atoms with van der Waals surface area (Å²) in [7, 11) is 2.25. The Bertz CT molecular complexity index is 1390. The molecule has 2 heterocycles. The van der Waals surface area contributed by atoms with E-state index >= 15 is 4.39 Å². The van der Waals surface area contributed by atoms with Crippen LogP contribution in [0.2, 0.25) is 0 Å². The van der Waals surface area contributed by atoms with Crippen LogP contribution in [0.4, 0.5) is 10.1 Å². The van der Waals surface area contributed by atoms with Gasteiger partial charge in [-0.05, 0) is 17.7 Å². The highest BCUT2D eigenvalue weighted by Gasteiger charge is 2.43. The molecule has 0 bridgehead atoms. The molecule has 0 fully saturated rings. The molecule has 4 rings (SSSR count). The Balaban J connectivity index is 2.12. The van der Waals surface area contributed by atoms with Gasteiger partial charge in [0, 0.05) is 0 Å². The summed E-state index contributed by atoms with van der Waals surface area (Å²) in [6.45, 7) is 0. The van der Waals surface area contributed by atoms with Gasteiger partial charge < -0.3 is 19.7 Å². The Kier molecular flexibility index (Phi) is 6.28. The average Bonchev–Trinajstić information content (AvgIpc) is 3.41. The molecular weight excluding hydrogens is 457 g/mol. The Hall–Kier alpha value is -4.98. The Morgan fingerprint density at radius 3 is 2.43 bits per heavy atom. The summed E-state index contributed by atoms with van der Waals surface area (Å²) in [6, 6.07) is 14.5. The molecule has 11 heteroatoms. The molecule has 2 aromatic carbocycles. The first-order chi connectivity index (χ1) is 16.9. The van der Waals surface area contributed by atoms with Crippen molar-refractivity contribution in [2.75, 3.05) is 19.1 Å². The summed E-state index contributed by atoms with van der Waals surface area (Å²) in [6.07, 6.45) is 1.00. The fourth-order valence-corrected chi connectivity index (χ4v) is 3.96. The number of hydrogen-bond acceptors (Lipinski definition) is 10. The van der Waals surface area contributed by atoms with Gasteiger partial charge in [-0.15, -0.1) is 0 Å². The lowest BCUT2D eigenvalue weighted by Crippen LogP contribution is -2.41. The maximum atomic E-state index is 15.1. The number of nitrogens with zero attached hydrogens (tertiary/aromatic N) is 4. The molecule has 10 nitrogen and oxygen atoms in total. The second kappa shape index (κ2) is 9.48. The normalized spacial score (nSPS) is 15.6. The van der Waals surface area contributed by atoms with Crippen LogP contribution < -0.4 is 10.6 Å². The van der Waals surface area contributed by atoms with Crippen LogP contribution >= 0.6 is 0 Å². The van der Waals surface area contributed by atoms with E-state index in [0.717, 1.165) is 31.6 Å². The number of nitrogens with two attached hydrogens (primary N) is 1. The van der Waals surface area contributed by atoms with E-state index in [1.54, 1.807) is 30.3 Å². The minimum absolute atomic E-state index is 0.0232. The van der Waals surface area contributed by atoms with E-state index in [1.165, 1.54) is 12.1 Å². The highest BCUT2D eigenvalue weighted by molar-refractivity contribution is 6.07. The Morgan fingerprint density at radius 2 is 1.83 bits per heavy atom. The number of allylic oxidation sites excluding steroid dienone is 1. The van der Waals surface area contributed by atoms with Crippen molar-refractivity contribution in [3.63, 3.8) is 0 Å². The van der Waals surface area contributed by atoms with Gasteiger partial charge in [0.2, 0.25) is 12.2 Å². The number of aromatic nitrogens is 2. The minimum Gasteiger partial charge on any atom is -0.466 e. The number of rotatable bonds is 5. The molecule has 0 saturated heterocycles. The average molecular weight is 475 g/mol. The molecule has 1 aliphatic heterocycles. The molecule has 1 unspecified atom stereocenters. The number of esters is 2. The zero-order chi connectivity index (χ0) is 25.1. The first-order valence-electron chi connectivity index (χ1n) is 10.1. The maximum Gasteiger partial charge on any atom is 0.355 e. The van der Waals surface area contributed by atoms with Crippen molar-refractivity contribution >= 4 is 17.6 Å². The summed E-state index contributed by atoms with van der Waals surface area (Å²) in [4.78, 5) is 31.2. The first kappa shape index (κ1) is 23.2. The zero-order valence-corrected chi connectivity index (χ0v) is 18.6. The van der Waals surface area contributed by atoms with Crippen LogP contribution in [0.1, 0.15) is 11.5 Å². The molecule has 0 radical (unpaired) electrons. The van der Waals surface area contributed by atoms with E-state index in [2.05, 4.69) is 10.1 Å². The molecule has 0 spiro atoms. The molecule has 0 saturated carbocycles. The second-order valence-corrected chi connectivity index (χ2v) is 7.22. The summed E-state index contributed by atoms with van der Waals surface area (Å²) in [5.41, 5.74) is 6.14. The van der Waals surface area contributed by atoms with E-state index in [1.807, 2.05) is 6.07 Å². The van der Waals surface area contributed by atoms with Crippen molar-refractivity contribution in [3.8, 4) is 17.5 Å². The largest absolute Gasteiger partial charge is 0.466 e. The summed E-state index contributed by atoms with van der Waals surface area (Å²) >= 11 is 0. The highest BCUT2D eigenvalue weighted by atomic mass is 19.1. The number of halogens is 1. The fourth-order valence-electron chi connectivity index (χ4n) is 3.96. The van der Waals surface area contributed by atoms with Crippen molar-refractivity contribution in [2.45, 2.75) is 5.92 Å². The number of anilines is 1. The van der Waals surface area contributed by atoms with Crippen molar-refractivity contribution in [3.05, 3.63) is 89.0 Å². The third-order valence-corrected chi connectivity index (χ3v) is 5.43. The fraction of sp³-hybridized carbons (Fsp3) is 0.125. The molecule has 0 aliphatic carbocycles. The smallest absolute Gasteiger partial charge is 0.355 e. The summed E-state index contributed by atoms with van der Waals surface area (Å²) < 4.78 is 29.8. The van der Waals surface area contributed by atoms with Gasteiger partial charge in [0.25, 0.3) is 0 Å². The lowest BCUT2D eigenvalue weighted by atomic mass is 9.80. The Labute approximate surface area is 198 Å². The van der Waals surface area contributed by atoms with E-state index in [0.29, 0.717) is 5.56 Å². The van der Waals surface area contributed by atoms with Crippen LogP contribution in [0.25, 0.3) is 11.4 Å². The van der Waals surface area contributed by atoms with E-state index in [9.17, 15) is 14.9 Å². The number of carbonyl (C=O) groups is 2. The van der Waals surface area contributed by atoms with Crippen molar-refractivity contribution in [1.82, 2.24) is 10.1 Å². The van der Waals surface area contributed by atoms with Gasteiger partial charge in [0.1, 0.15) is 17.3 Å². The second-order valence-electron chi connectivity index (χ2n) is 7.22. The molecule has 35 heavy (non-hydrogen) atoms. The van der Waals surface area contributed by atoms with Gasteiger partial charge in [0.05, 0.1) is 48.6 Å². The molecule has 176 valence electrons. The van der Waals surface area contributed by atoms with Gasteiger partial charge in [-0.2, -0.15) is 10.2 Å². The Morgan fingerprint density at radius 1 is 1.11 bits per heavy atom. The predicted octanol–water partition coefficient (Wildman–Crippen LogP) is 2.77. The van der Waals surface area contributed by atoms with E-state index < -0.39 is 23.7 Å². The quantitative estimate of drug-likeness (QED) is 0.547. The van der Waals surface area contributed by atoms with Crippen molar-refractivity contribution in [2.24, 2.45) is 5.73 Å². The zero-order valence-electron chi connectivity index (χ0n) is 18.6. The van der Waals surface area contributed by atoms with Gasteiger partial charge in [0.15, 0.2) is 0 Å². The minimum atomic E-state index is -1.05. The summed E-state index contributed by atoms with van der Waals surface area (Å²) in [5, 5.41) is 13.8. The van der Waals surface area contributed by atoms with Crippen molar-refractivity contribution < 1.29 is 28.0 Å². The lowest BCUT2D eigenvalue weighted by molar-refractivity contribution is -0.139. The van der Waals surface area contributed by atoms with Gasteiger partial charge in [-0.25, -0.2) is 14.0 Å². The first-order valence-corrected chi connectivity index (χ1v) is 10.1. The number of methoxy groups -OCH3 is 2. The molecular formula is C24H18FN5O5. The standard InChI is InChI=1S/C24H18FN5O5/c1-33-23(31)19-17(13-7-4-3-5-8-13)14(11-26)21(27)30(20(19)24(32)34-2)16-10-6-9-15(25)18(16)22-28-12-35-29-22/h3-10,12,17H,27H2,1-2H3. The number of nitriles is 1. The van der Waals surface area contributed by atoms with Crippen LogP contribution in [0.15, 0.2) is 82.1 Å². The molecule has 1 atom stereocenters. The topological polar surface area (TPSA) is 145 Å². The SMILES string of the molecule is COC(=O)C1=C(C(=O)OC)N(c2cccc(F)c2-c2ncon2)C(N)=C(C#N)C1c1ccccc1. The maximum absolute atomic E-state index is 15.1. The number of carbonyl (C=O) groups excluding carboxylic acids is 2.